The summed E-state index contributed by atoms with van der Waals surface area (Å²) in [6.07, 6.45) is 1.15. The molecule has 19 heavy (non-hydrogen) atoms. The average Bonchev–Trinajstić information content (AvgIpc) is 2.66. The van der Waals surface area contributed by atoms with Crippen molar-refractivity contribution in [2.75, 3.05) is 5.73 Å². The quantitative estimate of drug-likeness (QED) is 0.593. The van der Waals surface area contributed by atoms with Crippen molar-refractivity contribution in [1.29, 1.82) is 0 Å². The van der Waals surface area contributed by atoms with E-state index in [9.17, 15) is 14.4 Å². The summed E-state index contributed by atoms with van der Waals surface area (Å²) in [4.78, 5) is 35.9. The van der Waals surface area contributed by atoms with E-state index in [0.29, 0.717) is 30.5 Å². The summed E-state index contributed by atoms with van der Waals surface area (Å²) in [5, 5.41) is 2.20. The molecule has 0 bridgehead atoms. The van der Waals surface area contributed by atoms with E-state index in [1.54, 1.807) is 18.2 Å². The molecule has 0 saturated carbocycles. The molecule has 0 unspecified atom stereocenters. The molecule has 6 nitrogen and oxygen atoms in total. The second kappa shape index (κ2) is 4.08. The van der Waals surface area contributed by atoms with Crippen LogP contribution in [0.4, 0.5) is 5.69 Å². The van der Waals surface area contributed by atoms with E-state index >= 15 is 0 Å². The fraction of sp³-hybridized carbons (Fsp3) is 0.308. The topological polar surface area (TPSA) is 83.7 Å². The van der Waals surface area contributed by atoms with Crippen LogP contribution in [0.1, 0.15) is 35.2 Å². The Labute approximate surface area is 109 Å². The molecule has 0 spiro atoms. The van der Waals surface area contributed by atoms with Crippen LogP contribution >= 0.6 is 0 Å². The van der Waals surface area contributed by atoms with Crippen LogP contribution in [-0.2, 0) is 16.1 Å². The highest BCUT2D eigenvalue weighted by atomic mass is 16.2. The SMILES string of the molecule is Nc1ccc2c(c1)CN(N1C(=O)CCCC1=O)C2=O. The standard InChI is InChI=1S/C13H13N3O3/c14-9-4-5-10-8(6-9)7-15(13(10)19)16-11(17)2-1-3-12(16)18/h4-6H,1-3,7,14H2. The highest BCUT2D eigenvalue weighted by Gasteiger charge is 2.39. The first-order valence-electron chi connectivity index (χ1n) is 6.14. The zero-order chi connectivity index (χ0) is 13.6. The van der Waals surface area contributed by atoms with Crippen molar-refractivity contribution in [3.63, 3.8) is 0 Å². The zero-order valence-corrected chi connectivity index (χ0v) is 10.3. The van der Waals surface area contributed by atoms with Crippen molar-refractivity contribution in [2.24, 2.45) is 0 Å². The predicted octanol–water partition coefficient (Wildman–Crippen LogP) is 0.679. The van der Waals surface area contributed by atoms with Crippen LogP contribution < -0.4 is 5.73 Å². The van der Waals surface area contributed by atoms with Crippen LogP contribution in [0, 0.1) is 0 Å². The van der Waals surface area contributed by atoms with Crippen molar-refractivity contribution in [3.05, 3.63) is 29.3 Å². The molecule has 6 heteroatoms. The van der Waals surface area contributed by atoms with Crippen molar-refractivity contribution < 1.29 is 14.4 Å². The number of amides is 3. The van der Waals surface area contributed by atoms with Gasteiger partial charge in [0.1, 0.15) is 0 Å². The van der Waals surface area contributed by atoms with E-state index in [1.165, 1.54) is 5.01 Å². The van der Waals surface area contributed by atoms with Gasteiger partial charge in [-0.25, -0.2) is 5.01 Å². The van der Waals surface area contributed by atoms with Crippen molar-refractivity contribution in [2.45, 2.75) is 25.8 Å². The normalized spacial score (nSPS) is 19.1. The number of benzene rings is 1. The van der Waals surface area contributed by atoms with Gasteiger partial charge in [0, 0.05) is 24.1 Å². The van der Waals surface area contributed by atoms with Gasteiger partial charge in [0.2, 0.25) is 11.8 Å². The number of imide groups is 1. The first-order chi connectivity index (χ1) is 9.08. The number of rotatable bonds is 1. The summed E-state index contributed by atoms with van der Waals surface area (Å²) in [6, 6.07) is 4.97. The maximum Gasteiger partial charge on any atom is 0.273 e. The molecule has 98 valence electrons. The number of nitrogens with two attached hydrogens (primary N) is 1. The second-order valence-electron chi connectivity index (χ2n) is 4.73. The molecule has 3 rings (SSSR count). The Morgan fingerprint density at radius 3 is 2.42 bits per heavy atom. The highest BCUT2D eigenvalue weighted by molar-refractivity contribution is 6.04. The minimum Gasteiger partial charge on any atom is -0.399 e. The number of piperidine rings is 1. The molecule has 1 fully saturated rings. The smallest absolute Gasteiger partial charge is 0.273 e. The average molecular weight is 259 g/mol. The van der Waals surface area contributed by atoms with Crippen LogP contribution in [0.2, 0.25) is 0 Å². The largest absolute Gasteiger partial charge is 0.399 e. The minimum atomic E-state index is -0.321. The van der Waals surface area contributed by atoms with Gasteiger partial charge in [0.15, 0.2) is 0 Å². The molecule has 2 N–H and O–H groups in total. The molecule has 1 saturated heterocycles. The molecule has 1 aromatic rings. The molecule has 2 aliphatic rings. The van der Waals surface area contributed by atoms with Crippen LogP contribution in [0.15, 0.2) is 18.2 Å². The predicted molar refractivity (Wildman–Crippen MR) is 66.4 cm³/mol. The van der Waals surface area contributed by atoms with Gasteiger partial charge in [-0.1, -0.05) is 0 Å². The van der Waals surface area contributed by atoms with Crippen LogP contribution in [0.5, 0.6) is 0 Å². The maximum absolute atomic E-state index is 12.2. The first kappa shape index (κ1) is 11.7. The maximum atomic E-state index is 12.2. The number of nitrogens with zero attached hydrogens (tertiary/aromatic N) is 2. The van der Waals surface area contributed by atoms with E-state index < -0.39 is 0 Å². The van der Waals surface area contributed by atoms with Gasteiger partial charge in [-0.15, -0.1) is 0 Å². The molecule has 1 aromatic carbocycles. The molecule has 0 radical (unpaired) electrons. The zero-order valence-electron chi connectivity index (χ0n) is 10.3. The monoisotopic (exact) mass is 259 g/mol. The van der Waals surface area contributed by atoms with Gasteiger partial charge in [-0.3, -0.25) is 14.4 Å². The van der Waals surface area contributed by atoms with Crippen molar-refractivity contribution in [3.8, 4) is 0 Å². The fourth-order valence-corrected chi connectivity index (χ4v) is 2.50. The fourth-order valence-electron chi connectivity index (χ4n) is 2.50. The van der Waals surface area contributed by atoms with Crippen molar-refractivity contribution >= 4 is 23.4 Å². The van der Waals surface area contributed by atoms with Gasteiger partial charge in [0.05, 0.1) is 6.54 Å². The van der Waals surface area contributed by atoms with Crippen molar-refractivity contribution in [1.82, 2.24) is 10.0 Å². The number of anilines is 1. The molecule has 3 amide bonds. The van der Waals surface area contributed by atoms with Gasteiger partial charge in [0.25, 0.3) is 5.91 Å². The van der Waals surface area contributed by atoms with E-state index in [0.717, 1.165) is 10.6 Å². The Morgan fingerprint density at radius 1 is 1.05 bits per heavy atom. The molecule has 0 aromatic heterocycles. The summed E-state index contributed by atoms with van der Waals surface area (Å²) < 4.78 is 0. The Bertz CT molecular complexity index is 581. The summed E-state index contributed by atoms with van der Waals surface area (Å²) >= 11 is 0. The van der Waals surface area contributed by atoms with Crippen LogP contribution in [0.25, 0.3) is 0 Å². The van der Waals surface area contributed by atoms with Gasteiger partial charge in [-0.2, -0.15) is 5.01 Å². The Kier molecular flexibility index (Phi) is 2.51. The third kappa shape index (κ3) is 1.76. The lowest BCUT2D eigenvalue weighted by Gasteiger charge is -2.32. The first-order valence-corrected chi connectivity index (χ1v) is 6.14. The minimum absolute atomic E-state index is 0.219. The number of hydrazine groups is 1. The van der Waals surface area contributed by atoms with E-state index in [-0.39, 0.29) is 24.3 Å². The van der Waals surface area contributed by atoms with Crippen LogP contribution in [-0.4, -0.2) is 27.7 Å². The number of hydrogen-bond acceptors (Lipinski definition) is 4. The number of hydrogen-bond donors (Lipinski definition) is 1. The lowest BCUT2D eigenvalue weighted by molar-refractivity contribution is -0.163. The summed E-state index contributed by atoms with van der Waals surface area (Å²) in [6.45, 7) is 0.219. The molecular formula is C13H13N3O3. The number of carbonyl (C=O) groups is 3. The second-order valence-corrected chi connectivity index (χ2v) is 4.73. The van der Waals surface area contributed by atoms with Gasteiger partial charge < -0.3 is 5.73 Å². The summed E-state index contributed by atoms with van der Waals surface area (Å²) in [5.74, 6) is -0.950. The third-order valence-electron chi connectivity index (χ3n) is 3.41. The Morgan fingerprint density at radius 2 is 1.74 bits per heavy atom. The highest BCUT2D eigenvalue weighted by Crippen LogP contribution is 2.28. The van der Waals surface area contributed by atoms with E-state index in [2.05, 4.69) is 0 Å². The summed E-state index contributed by atoms with van der Waals surface area (Å²) in [5.41, 5.74) is 7.48. The molecule has 2 aliphatic heterocycles. The Balaban J connectivity index is 1.95. The van der Waals surface area contributed by atoms with E-state index in [1.807, 2.05) is 0 Å². The lowest BCUT2D eigenvalue weighted by atomic mass is 10.1. The molecule has 2 heterocycles. The number of nitrogen functional groups attached to an aromatic ring is 1. The molecular weight excluding hydrogens is 246 g/mol. The van der Waals surface area contributed by atoms with Gasteiger partial charge in [-0.05, 0) is 30.2 Å². The molecule has 0 atom stereocenters. The Hall–Kier alpha value is -2.37. The number of fused-ring (bicyclic) bond motifs is 1. The molecule has 0 aliphatic carbocycles. The summed E-state index contributed by atoms with van der Waals surface area (Å²) in [7, 11) is 0. The number of carbonyl (C=O) groups excluding carboxylic acids is 3. The van der Waals surface area contributed by atoms with E-state index in [4.69, 9.17) is 5.73 Å². The third-order valence-corrected chi connectivity index (χ3v) is 3.41. The lowest BCUT2D eigenvalue weighted by Crippen LogP contribution is -2.51. The van der Waals surface area contributed by atoms with Gasteiger partial charge >= 0.3 is 0 Å². The van der Waals surface area contributed by atoms with Crippen LogP contribution in [0.3, 0.4) is 0 Å².